The molecule has 0 aliphatic rings. The van der Waals surface area contributed by atoms with Crippen LogP contribution >= 0.6 is 0 Å². The molecule has 5 nitrogen and oxygen atoms in total. The average Bonchev–Trinajstić information content (AvgIpc) is 2.40. The predicted molar refractivity (Wildman–Crippen MR) is 69.2 cm³/mol. The minimum Gasteiger partial charge on any atom is -0.340 e. The summed E-state index contributed by atoms with van der Waals surface area (Å²) in [6.45, 7) is 0.521. The number of rotatable bonds is 4. The Kier molecular flexibility index (Phi) is 3.84. The van der Waals surface area contributed by atoms with Gasteiger partial charge in [0.2, 0.25) is 0 Å². The molecule has 0 spiro atoms. The number of nitrogens with zero attached hydrogens (tertiary/aromatic N) is 3. The molecule has 3 N–H and O–H groups in total. The lowest BCUT2D eigenvalue weighted by atomic mass is 10.2. The monoisotopic (exact) mass is 239 g/mol. The highest BCUT2D eigenvalue weighted by molar-refractivity contribution is 5.58. The molecule has 0 unspecified atom stereocenters. The number of hydrogen-bond acceptors (Lipinski definition) is 5. The van der Waals surface area contributed by atoms with Crippen LogP contribution < -0.4 is 11.1 Å². The Balaban J connectivity index is 2.18. The second-order valence-corrected chi connectivity index (χ2v) is 3.71. The van der Waals surface area contributed by atoms with Gasteiger partial charge < -0.3 is 11.1 Å². The number of nitrogens with two attached hydrogens (primary N) is 1. The Bertz CT molecular complexity index is 574. The summed E-state index contributed by atoms with van der Waals surface area (Å²) >= 11 is 0. The van der Waals surface area contributed by atoms with Crippen LogP contribution in [0.5, 0.6) is 0 Å². The van der Waals surface area contributed by atoms with Gasteiger partial charge in [-0.2, -0.15) is 5.26 Å². The molecule has 2 aromatic rings. The van der Waals surface area contributed by atoms with Crippen molar-refractivity contribution in [3.8, 4) is 6.07 Å². The predicted octanol–water partition coefficient (Wildman–Crippen LogP) is 1.59. The van der Waals surface area contributed by atoms with E-state index in [1.807, 2.05) is 12.1 Å². The molecule has 0 saturated heterocycles. The van der Waals surface area contributed by atoms with Crippen molar-refractivity contribution in [2.45, 2.75) is 6.42 Å². The van der Waals surface area contributed by atoms with Crippen molar-refractivity contribution in [3.63, 3.8) is 0 Å². The molecule has 0 saturated carbocycles. The number of hydrogen-bond donors (Lipinski definition) is 2. The second kappa shape index (κ2) is 5.75. The van der Waals surface area contributed by atoms with Crippen molar-refractivity contribution in [1.29, 1.82) is 5.26 Å². The van der Waals surface area contributed by atoms with Gasteiger partial charge in [-0.25, -0.2) is 9.97 Å². The Morgan fingerprint density at radius 1 is 1.33 bits per heavy atom. The third-order valence-corrected chi connectivity index (χ3v) is 2.34. The van der Waals surface area contributed by atoms with E-state index in [0.29, 0.717) is 30.2 Å². The van der Waals surface area contributed by atoms with Gasteiger partial charge in [-0.05, 0) is 30.8 Å². The molecule has 1 aromatic carbocycles. The molecular weight excluding hydrogens is 226 g/mol. The molecule has 18 heavy (non-hydrogen) atoms. The minimum absolute atomic E-state index is 0.521. The second-order valence-electron chi connectivity index (χ2n) is 3.71. The molecule has 1 heterocycles. The Labute approximate surface area is 105 Å². The minimum atomic E-state index is 0.521. The van der Waals surface area contributed by atoms with Crippen molar-refractivity contribution in [3.05, 3.63) is 47.9 Å². The normalized spacial score (nSPS) is 9.78. The van der Waals surface area contributed by atoms with Crippen LogP contribution in [0.15, 0.2) is 36.5 Å². The van der Waals surface area contributed by atoms with Gasteiger partial charge in [-0.1, -0.05) is 6.07 Å². The van der Waals surface area contributed by atoms with Crippen molar-refractivity contribution in [2.24, 2.45) is 5.73 Å². The Morgan fingerprint density at radius 2 is 2.22 bits per heavy atom. The molecule has 0 atom stereocenters. The van der Waals surface area contributed by atoms with Crippen LogP contribution in [-0.2, 0) is 6.42 Å². The lowest BCUT2D eigenvalue weighted by Gasteiger charge is -2.06. The van der Waals surface area contributed by atoms with E-state index < -0.39 is 0 Å². The van der Waals surface area contributed by atoms with E-state index in [1.54, 1.807) is 24.4 Å². The zero-order chi connectivity index (χ0) is 12.8. The zero-order valence-corrected chi connectivity index (χ0v) is 9.80. The maximum Gasteiger partial charge on any atom is 0.134 e. The molecule has 2 rings (SSSR count). The van der Waals surface area contributed by atoms with E-state index >= 15 is 0 Å². The van der Waals surface area contributed by atoms with Crippen molar-refractivity contribution in [1.82, 2.24) is 9.97 Å². The molecule has 0 aliphatic carbocycles. The Morgan fingerprint density at radius 3 is 3.00 bits per heavy atom. The molecule has 5 heteroatoms. The van der Waals surface area contributed by atoms with E-state index in [-0.39, 0.29) is 0 Å². The van der Waals surface area contributed by atoms with Crippen LogP contribution in [0.25, 0.3) is 0 Å². The van der Waals surface area contributed by atoms with Gasteiger partial charge in [0.15, 0.2) is 0 Å². The van der Waals surface area contributed by atoms with Crippen molar-refractivity contribution >= 4 is 11.5 Å². The van der Waals surface area contributed by atoms with Crippen LogP contribution in [-0.4, -0.2) is 16.5 Å². The van der Waals surface area contributed by atoms with Gasteiger partial charge in [0.1, 0.15) is 11.6 Å². The van der Waals surface area contributed by atoms with E-state index in [2.05, 4.69) is 21.4 Å². The number of aromatic nitrogens is 2. The summed E-state index contributed by atoms with van der Waals surface area (Å²) in [5.74, 6) is 1.41. The zero-order valence-electron chi connectivity index (χ0n) is 9.80. The lowest BCUT2D eigenvalue weighted by molar-refractivity contribution is 0.870. The number of nitriles is 1. The lowest BCUT2D eigenvalue weighted by Crippen LogP contribution is -2.07. The first-order valence-electron chi connectivity index (χ1n) is 5.61. The summed E-state index contributed by atoms with van der Waals surface area (Å²) < 4.78 is 0. The summed E-state index contributed by atoms with van der Waals surface area (Å²) in [6, 6.07) is 11.1. The van der Waals surface area contributed by atoms with Crippen LogP contribution in [0.2, 0.25) is 0 Å². The van der Waals surface area contributed by atoms with E-state index in [0.717, 1.165) is 5.69 Å². The molecule has 90 valence electrons. The summed E-state index contributed by atoms with van der Waals surface area (Å²) in [7, 11) is 0. The molecular formula is C13H13N5. The first-order valence-corrected chi connectivity index (χ1v) is 5.61. The van der Waals surface area contributed by atoms with E-state index in [1.165, 1.54) is 0 Å². The summed E-state index contributed by atoms with van der Waals surface area (Å²) in [5.41, 5.74) is 6.90. The van der Waals surface area contributed by atoms with Crippen molar-refractivity contribution in [2.75, 3.05) is 11.9 Å². The first kappa shape index (κ1) is 12.0. The van der Waals surface area contributed by atoms with Crippen molar-refractivity contribution < 1.29 is 0 Å². The standard InChI is InChI=1S/C13H13N5/c14-6-4-12-16-7-5-13(18-12)17-11-3-1-2-10(8-11)9-15/h1-3,5,7-8H,4,6,14H2,(H,16,17,18). The average molecular weight is 239 g/mol. The fourth-order valence-electron chi connectivity index (χ4n) is 1.53. The number of nitrogens with one attached hydrogen (secondary N) is 1. The number of benzene rings is 1. The Hall–Kier alpha value is -2.45. The topological polar surface area (TPSA) is 87.6 Å². The van der Waals surface area contributed by atoms with Gasteiger partial charge in [0.25, 0.3) is 0 Å². The highest BCUT2D eigenvalue weighted by Crippen LogP contribution is 2.15. The van der Waals surface area contributed by atoms with E-state index in [4.69, 9.17) is 11.0 Å². The third kappa shape index (κ3) is 3.03. The van der Waals surface area contributed by atoms with Crippen LogP contribution in [0.3, 0.4) is 0 Å². The molecule has 0 fully saturated rings. The SMILES string of the molecule is N#Cc1cccc(Nc2ccnc(CCN)n2)c1. The fourth-order valence-corrected chi connectivity index (χ4v) is 1.53. The summed E-state index contributed by atoms with van der Waals surface area (Å²) in [5, 5.41) is 12.0. The van der Waals surface area contributed by atoms with Crippen LogP contribution in [0, 0.1) is 11.3 Å². The maximum atomic E-state index is 8.82. The quantitative estimate of drug-likeness (QED) is 0.846. The van der Waals surface area contributed by atoms with E-state index in [9.17, 15) is 0 Å². The fraction of sp³-hybridized carbons (Fsp3) is 0.154. The number of anilines is 2. The molecule has 1 aromatic heterocycles. The highest BCUT2D eigenvalue weighted by Gasteiger charge is 2.00. The van der Waals surface area contributed by atoms with Gasteiger partial charge in [0, 0.05) is 18.3 Å². The largest absolute Gasteiger partial charge is 0.340 e. The summed E-state index contributed by atoms with van der Waals surface area (Å²) in [4.78, 5) is 8.45. The highest BCUT2D eigenvalue weighted by atomic mass is 15.0. The van der Waals surface area contributed by atoms with Gasteiger partial charge in [0.05, 0.1) is 11.6 Å². The maximum absolute atomic E-state index is 8.82. The van der Waals surface area contributed by atoms with Gasteiger partial charge >= 0.3 is 0 Å². The van der Waals surface area contributed by atoms with Crippen LogP contribution in [0.1, 0.15) is 11.4 Å². The molecule has 0 bridgehead atoms. The molecule has 0 radical (unpaired) electrons. The summed E-state index contributed by atoms with van der Waals surface area (Å²) in [6.07, 6.45) is 2.34. The smallest absolute Gasteiger partial charge is 0.134 e. The first-order chi connectivity index (χ1) is 8.81. The van der Waals surface area contributed by atoms with Gasteiger partial charge in [-0.15, -0.1) is 0 Å². The molecule has 0 aliphatic heterocycles. The molecule has 0 amide bonds. The van der Waals surface area contributed by atoms with Crippen LogP contribution in [0.4, 0.5) is 11.5 Å². The van der Waals surface area contributed by atoms with Gasteiger partial charge in [-0.3, -0.25) is 0 Å². The third-order valence-electron chi connectivity index (χ3n) is 2.34.